The number of carbonyl (C=O) groups excluding carboxylic acids is 1. The van der Waals surface area contributed by atoms with Gasteiger partial charge >= 0.3 is 0 Å². The van der Waals surface area contributed by atoms with E-state index < -0.39 is 5.82 Å². The molecule has 2 nitrogen and oxygen atoms in total. The number of anilines is 1. The molecule has 0 aliphatic heterocycles. The Morgan fingerprint density at radius 1 is 1.17 bits per heavy atom. The zero-order chi connectivity index (χ0) is 16.8. The van der Waals surface area contributed by atoms with E-state index in [1.165, 1.54) is 24.1 Å². The third-order valence-electron chi connectivity index (χ3n) is 3.50. The van der Waals surface area contributed by atoms with Crippen LogP contribution < -0.4 is 5.32 Å². The van der Waals surface area contributed by atoms with Crippen molar-refractivity contribution in [1.82, 2.24) is 0 Å². The molecule has 2 aromatic rings. The number of benzene rings is 2. The first-order valence-corrected chi connectivity index (χ1v) is 7.45. The third-order valence-corrected chi connectivity index (χ3v) is 3.50. The summed E-state index contributed by atoms with van der Waals surface area (Å²) in [6.45, 7) is 7.17. The highest BCUT2D eigenvalue weighted by Crippen LogP contribution is 2.19. The second-order valence-corrected chi connectivity index (χ2v) is 5.43. The lowest BCUT2D eigenvalue weighted by atomic mass is 10.0. The van der Waals surface area contributed by atoms with Crippen molar-refractivity contribution in [2.75, 3.05) is 5.32 Å². The number of hydrogen-bond donors (Lipinski definition) is 1. The molecule has 0 aliphatic carbocycles. The van der Waals surface area contributed by atoms with E-state index in [1.807, 2.05) is 24.3 Å². The van der Waals surface area contributed by atoms with Gasteiger partial charge in [0.2, 0.25) is 5.91 Å². The maximum Gasteiger partial charge on any atom is 0.221 e. The number of rotatable bonds is 5. The SMILES string of the molecule is C=CCc1ccc(/C=C/c2ccc(NC(C)=O)c(F)c2)cc1C. The molecule has 0 radical (unpaired) electrons. The van der Waals surface area contributed by atoms with Crippen LogP contribution in [0.4, 0.5) is 10.1 Å². The van der Waals surface area contributed by atoms with E-state index in [0.29, 0.717) is 0 Å². The van der Waals surface area contributed by atoms with Crippen molar-refractivity contribution in [2.24, 2.45) is 0 Å². The minimum Gasteiger partial charge on any atom is -0.324 e. The molecule has 0 spiro atoms. The van der Waals surface area contributed by atoms with Crippen molar-refractivity contribution >= 4 is 23.7 Å². The van der Waals surface area contributed by atoms with E-state index in [4.69, 9.17) is 0 Å². The second kappa shape index (κ2) is 7.54. The highest BCUT2D eigenvalue weighted by molar-refractivity contribution is 5.89. The van der Waals surface area contributed by atoms with Crippen molar-refractivity contribution in [2.45, 2.75) is 20.3 Å². The standard InChI is InChI=1S/C20H20FNO/c1-4-5-18-10-8-16(12-14(18)2)6-7-17-9-11-20(19(21)13-17)22-15(3)23/h4,6-13H,1,5H2,2-3H3,(H,22,23)/b7-6+. The van der Waals surface area contributed by atoms with Crippen LogP contribution in [-0.2, 0) is 11.2 Å². The maximum atomic E-state index is 13.9. The summed E-state index contributed by atoms with van der Waals surface area (Å²) in [5.41, 5.74) is 4.45. The highest BCUT2D eigenvalue weighted by Gasteiger charge is 2.03. The van der Waals surface area contributed by atoms with Gasteiger partial charge < -0.3 is 5.32 Å². The topological polar surface area (TPSA) is 29.1 Å². The first-order chi connectivity index (χ1) is 11.0. The molecule has 3 heteroatoms. The lowest BCUT2D eigenvalue weighted by Gasteiger charge is -2.05. The molecule has 0 saturated carbocycles. The summed E-state index contributed by atoms with van der Waals surface area (Å²) in [5.74, 6) is -0.734. The van der Waals surface area contributed by atoms with Gasteiger partial charge in [0.1, 0.15) is 5.82 Å². The van der Waals surface area contributed by atoms with Crippen molar-refractivity contribution in [3.8, 4) is 0 Å². The summed E-state index contributed by atoms with van der Waals surface area (Å²) in [5, 5.41) is 2.45. The van der Waals surface area contributed by atoms with E-state index in [0.717, 1.165) is 17.5 Å². The fourth-order valence-electron chi connectivity index (χ4n) is 2.33. The van der Waals surface area contributed by atoms with Crippen LogP contribution in [0.3, 0.4) is 0 Å². The van der Waals surface area contributed by atoms with Crippen LogP contribution in [0.1, 0.15) is 29.2 Å². The largest absolute Gasteiger partial charge is 0.324 e. The van der Waals surface area contributed by atoms with Crippen LogP contribution in [0, 0.1) is 12.7 Å². The van der Waals surface area contributed by atoms with Crippen LogP contribution in [0.2, 0.25) is 0 Å². The monoisotopic (exact) mass is 309 g/mol. The molecule has 0 saturated heterocycles. The predicted octanol–water partition coefficient (Wildman–Crippen LogP) is 4.99. The van der Waals surface area contributed by atoms with Crippen LogP contribution >= 0.6 is 0 Å². The lowest BCUT2D eigenvalue weighted by molar-refractivity contribution is -0.114. The Morgan fingerprint density at radius 2 is 1.83 bits per heavy atom. The van der Waals surface area contributed by atoms with Gasteiger partial charge in [-0.05, 0) is 47.7 Å². The number of carbonyl (C=O) groups is 1. The van der Waals surface area contributed by atoms with E-state index in [2.05, 4.69) is 31.0 Å². The summed E-state index contributed by atoms with van der Waals surface area (Å²) in [7, 11) is 0. The van der Waals surface area contributed by atoms with E-state index in [9.17, 15) is 9.18 Å². The Labute approximate surface area is 136 Å². The number of allylic oxidation sites excluding steroid dienone is 1. The number of hydrogen-bond acceptors (Lipinski definition) is 1. The van der Waals surface area contributed by atoms with Gasteiger partial charge in [0, 0.05) is 6.92 Å². The van der Waals surface area contributed by atoms with Gasteiger partial charge in [0.25, 0.3) is 0 Å². The van der Waals surface area contributed by atoms with Crippen molar-refractivity contribution in [1.29, 1.82) is 0 Å². The summed E-state index contributed by atoms with van der Waals surface area (Å²) in [6, 6.07) is 10.9. The van der Waals surface area contributed by atoms with Gasteiger partial charge in [-0.25, -0.2) is 4.39 Å². The van der Waals surface area contributed by atoms with Gasteiger partial charge in [-0.15, -0.1) is 6.58 Å². The minimum atomic E-state index is -0.445. The molecule has 0 aliphatic rings. The molecular formula is C20H20FNO. The van der Waals surface area contributed by atoms with Gasteiger partial charge in [-0.2, -0.15) is 0 Å². The van der Waals surface area contributed by atoms with Gasteiger partial charge in [-0.1, -0.05) is 42.5 Å². The van der Waals surface area contributed by atoms with Gasteiger partial charge in [0.05, 0.1) is 5.69 Å². The summed E-state index contributed by atoms with van der Waals surface area (Å²) in [6.07, 6.45) is 6.53. The third kappa shape index (κ3) is 4.65. The molecule has 0 fully saturated rings. The van der Waals surface area contributed by atoms with E-state index in [1.54, 1.807) is 12.1 Å². The molecule has 0 unspecified atom stereocenters. The first-order valence-electron chi connectivity index (χ1n) is 7.45. The normalized spacial score (nSPS) is 10.7. The molecule has 0 heterocycles. The summed E-state index contributed by atoms with van der Waals surface area (Å²) < 4.78 is 13.9. The zero-order valence-corrected chi connectivity index (χ0v) is 13.4. The molecule has 0 bridgehead atoms. The Balaban J connectivity index is 2.17. The first kappa shape index (κ1) is 16.7. The zero-order valence-electron chi connectivity index (χ0n) is 13.4. The fourth-order valence-corrected chi connectivity index (χ4v) is 2.33. The van der Waals surface area contributed by atoms with Crippen molar-refractivity contribution < 1.29 is 9.18 Å². The maximum absolute atomic E-state index is 13.9. The molecule has 2 aromatic carbocycles. The van der Waals surface area contributed by atoms with Crippen molar-refractivity contribution in [3.05, 3.63) is 77.1 Å². The molecular weight excluding hydrogens is 289 g/mol. The molecule has 23 heavy (non-hydrogen) atoms. The lowest BCUT2D eigenvalue weighted by Crippen LogP contribution is -2.07. The Bertz CT molecular complexity index is 762. The second-order valence-electron chi connectivity index (χ2n) is 5.43. The van der Waals surface area contributed by atoms with E-state index in [-0.39, 0.29) is 11.6 Å². The Kier molecular flexibility index (Phi) is 5.47. The summed E-state index contributed by atoms with van der Waals surface area (Å²) >= 11 is 0. The van der Waals surface area contributed by atoms with Crippen molar-refractivity contribution in [3.63, 3.8) is 0 Å². The smallest absolute Gasteiger partial charge is 0.221 e. The molecule has 1 amide bonds. The van der Waals surface area contributed by atoms with Gasteiger partial charge in [0.15, 0.2) is 0 Å². The van der Waals surface area contributed by atoms with Crippen LogP contribution in [0.15, 0.2) is 49.1 Å². The van der Waals surface area contributed by atoms with Crippen LogP contribution in [0.25, 0.3) is 12.2 Å². The number of aryl methyl sites for hydroxylation is 1. The van der Waals surface area contributed by atoms with Gasteiger partial charge in [-0.3, -0.25) is 4.79 Å². The quantitative estimate of drug-likeness (QED) is 0.612. The summed E-state index contributed by atoms with van der Waals surface area (Å²) in [4.78, 5) is 11.0. The number of amides is 1. The average molecular weight is 309 g/mol. The predicted molar refractivity (Wildman–Crippen MR) is 94.7 cm³/mol. The molecule has 1 N–H and O–H groups in total. The minimum absolute atomic E-state index is 0.194. The molecule has 0 atom stereocenters. The number of halogens is 1. The van der Waals surface area contributed by atoms with E-state index >= 15 is 0 Å². The average Bonchev–Trinajstić information content (AvgIpc) is 2.50. The Hall–Kier alpha value is -2.68. The molecule has 0 aromatic heterocycles. The Morgan fingerprint density at radius 3 is 2.39 bits per heavy atom. The molecule has 118 valence electrons. The molecule has 2 rings (SSSR count). The number of nitrogens with one attached hydrogen (secondary N) is 1. The van der Waals surface area contributed by atoms with Crippen LogP contribution in [0.5, 0.6) is 0 Å². The van der Waals surface area contributed by atoms with Crippen LogP contribution in [-0.4, -0.2) is 5.91 Å². The highest BCUT2D eigenvalue weighted by atomic mass is 19.1. The fraction of sp³-hybridized carbons (Fsp3) is 0.150.